The van der Waals surface area contributed by atoms with Crippen LogP contribution >= 0.6 is 23.1 Å². The second-order valence-electron chi connectivity index (χ2n) is 7.55. The van der Waals surface area contributed by atoms with Crippen molar-refractivity contribution in [1.82, 2.24) is 15.2 Å². The Labute approximate surface area is 212 Å². The highest BCUT2D eigenvalue weighted by Crippen LogP contribution is 2.40. The maximum absolute atomic E-state index is 12.9. The number of oxime groups is 1. The van der Waals surface area contributed by atoms with Gasteiger partial charge in [-0.3, -0.25) is 14.5 Å². The third-order valence-corrected chi connectivity index (χ3v) is 7.36. The molecular formula is C21H20N6O7S2. The first-order valence-corrected chi connectivity index (χ1v) is 12.3. The molecule has 0 aliphatic carbocycles. The summed E-state index contributed by atoms with van der Waals surface area (Å²) in [5.41, 5.74) is 6.08. The average Bonchev–Trinajstić information content (AvgIpc) is 3.30. The minimum Gasteiger partial charge on any atom is -0.543 e. The number of fused-ring (bicyclic) bond motifs is 1. The molecule has 2 aliphatic heterocycles. The minimum absolute atomic E-state index is 0.102. The van der Waals surface area contributed by atoms with Crippen molar-refractivity contribution in [2.75, 3.05) is 25.7 Å². The Morgan fingerprint density at radius 2 is 2.17 bits per heavy atom. The van der Waals surface area contributed by atoms with E-state index in [4.69, 9.17) is 15.3 Å². The zero-order valence-electron chi connectivity index (χ0n) is 19.0. The number of ether oxygens (including phenoxy) is 1. The van der Waals surface area contributed by atoms with Gasteiger partial charge in [0.05, 0.1) is 18.8 Å². The van der Waals surface area contributed by atoms with Gasteiger partial charge in [-0.1, -0.05) is 5.16 Å². The van der Waals surface area contributed by atoms with Crippen LogP contribution in [0.4, 0.5) is 5.13 Å². The molecule has 0 spiro atoms. The number of aliphatic carboxylic acids is 1. The van der Waals surface area contributed by atoms with Gasteiger partial charge in [-0.2, -0.15) is 0 Å². The second kappa shape index (κ2) is 10.3. The number of nitrogens with one attached hydrogen (secondary N) is 1. The summed E-state index contributed by atoms with van der Waals surface area (Å²) in [6, 6.07) is 2.20. The smallest absolute Gasteiger partial charge is 0.343 e. The highest BCUT2D eigenvalue weighted by Gasteiger charge is 2.53. The van der Waals surface area contributed by atoms with E-state index in [9.17, 15) is 24.3 Å². The standard InChI is InChI=1S/C21H20N6O7S2/c1-33-20(32)10-4-3-5-26(6-10)7-11-8-35-18-14(17(29)27(18)15(11)19(30)31)24-16(28)13(25-34-2)12-9-36-21(22)23-12/h3-6,9,14,18H,7-8H2,1-2H3,(H3-,22,23,24,28,30,31)/b25-13-/t14-,18-/m1/s1. The van der Waals surface area contributed by atoms with Gasteiger partial charge in [0.15, 0.2) is 29.8 Å². The second-order valence-corrected chi connectivity index (χ2v) is 9.55. The lowest BCUT2D eigenvalue weighted by atomic mass is 10.0. The van der Waals surface area contributed by atoms with Crippen LogP contribution in [-0.2, 0) is 30.5 Å². The molecule has 0 bridgehead atoms. The number of carboxylic acids is 1. The summed E-state index contributed by atoms with van der Waals surface area (Å²) in [5, 5.41) is 19.4. The number of aromatic nitrogens is 2. The number of nitrogen functional groups attached to an aromatic ring is 1. The summed E-state index contributed by atoms with van der Waals surface area (Å²) >= 11 is 2.39. The maximum atomic E-state index is 12.9. The number of β-lactam (4-membered cyclic amide) rings is 1. The van der Waals surface area contributed by atoms with Crippen molar-refractivity contribution in [3.8, 4) is 0 Å². The first-order valence-electron chi connectivity index (χ1n) is 10.3. The van der Waals surface area contributed by atoms with Crippen LogP contribution in [0.25, 0.3) is 0 Å². The van der Waals surface area contributed by atoms with Crippen LogP contribution in [0, 0.1) is 0 Å². The van der Waals surface area contributed by atoms with E-state index in [0.29, 0.717) is 5.57 Å². The van der Waals surface area contributed by atoms with Gasteiger partial charge >= 0.3 is 5.97 Å². The number of hydrogen-bond acceptors (Lipinski definition) is 12. The Morgan fingerprint density at radius 1 is 1.39 bits per heavy atom. The van der Waals surface area contributed by atoms with Crippen molar-refractivity contribution in [2.45, 2.75) is 18.0 Å². The molecular weight excluding hydrogens is 512 g/mol. The summed E-state index contributed by atoms with van der Waals surface area (Å²) in [7, 11) is 2.52. The number of amides is 2. The Bertz CT molecular complexity index is 1310. The molecule has 0 saturated carbocycles. The zero-order valence-corrected chi connectivity index (χ0v) is 20.6. The molecule has 188 valence electrons. The normalized spacial score (nSPS) is 19.3. The highest BCUT2D eigenvalue weighted by atomic mass is 32.2. The van der Waals surface area contributed by atoms with E-state index in [1.54, 1.807) is 22.9 Å². The predicted octanol–water partition coefficient (Wildman–Crippen LogP) is -1.75. The summed E-state index contributed by atoms with van der Waals surface area (Å²) in [5.74, 6) is -3.13. The lowest BCUT2D eigenvalue weighted by Gasteiger charge is -2.50. The fourth-order valence-corrected chi connectivity index (χ4v) is 5.66. The molecule has 2 aromatic heterocycles. The molecule has 2 aliphatic rings. The summed E-state index contributed by atoms with van der Waals surface area (Å²) in [6.07, 6.45) is 3.18. The molecule has 2 amide bonds. The van der Waals surface area contributed by atoms with E-state index in [0.717, 1.165) is 16.2 Å². The first kappa shape index (κ1) is 25.1. The Balaban J connectivity index is 1.54. The van der Waals surface area contributed by atoms with Gasteiger partial charge in [-0.05, 0) is 6.07 Å². The monoisotopic (exact) mass is 532 g/mol. The number of nitrogens with two attached hydrogens (primary N) is 1. The van der Waals surface area contributed by atoms with Crippen molar-refractivity contribution < 1.29 is 38.4 Å². The van der Waals surface area contributed by atoms with Crippen molar-refractivity contribution in [2.24, 2.45) is 5.16 Å². The maximum Gasteiger partial charge on any atom is 0.343 e. The van der Waals surface area contributed by atoms with Gasteiger partial charge in [-0.25, -0.2) is 14.3 Å². The lowest BCUT2D eigenvalue weighted by Crippen LogP contribution is -2.71. The molecule has 0 radical (unpaired) electrons. The Morgan fingerprint density at radius 3 is 2.81 bits per heavy atom. The van der Waals surface area contributed by atoms with Gasteiger partial charge in [0, 0.05) is 22.8 Å². The van der Waals surface area contributed by atoms with E-state index in [-0.39, 0.29) is 40.1 Å². The number of anilines is 1. The zero-order chi connectivity index (χ0) is 26.0. The summed E-state index contributed by atoms with van der Waals surface area (Å²) in [4.78, 5) is 59.5. The number of carbonyl (C=O) groups is 4. The molecule has 36 heavy (non-hydrogen) atoms. The van der Waals surface area contributed by atoms with Crippen LogP contribution < -0.4 is 20.7 Å². The molecule has 1 fully saturated rings. The largest absolute Gasteiger partial charge is 0.543 e. The fraction of sp³-hybridized carbons (Fsp3) is 0.286. The number of thiazole rings is 1. The molecule has 1 saturated heterocycles. The number of nitrogens with zero attached hydrogens (tertiary/aromatic N) is 4. The molecule has 0 unspecified atom stereocenters. The van der Waals surface area contributed by atoms with Crippen molar-refractivity contribution >= 4 is 57.7 Å². The minimum atomic E-state index is -1.52. The van der Waals surface area contributed by atoms with E-state index >= 15 is 0 Å². The Hall–Kier alpha value is -3.98. The third kappa shape index (κ3) is 4.74. The van der Waals surface area contributed by atoms with Crippen molar-refractivity contribution in [3.63, 3.8) is 0 Å². The molecule has 2 aromatic rings. The number of pyridine rings is 1. The predicted molar refractivity (Wildman–Crippen MR) is 125 cm³/mol. The van der Waals surface area contributed by atoms with Gasteiger partial charge in [-0.15, -0.1) is 23.1 Å². The molecule has 4 rings (SSSR count). The van der Waals surface area contributed by atoms with Gasteiger partial charge in [0.1, 0.15) is 29.8 Å². The van der Waals surface area contributed by atoms with E-state index < -0.39 is 35.2 Å². The first-order chi connectivity index (χ1) is 17.2. The number of rotatable bonds is 8. The number of thioether (sulfide) groups is 1. The van der Waals surface area contributed by atoms with Crippen LogP contribution in [0.3, 0.4) is 0 Å². The van der Waals surface area contributed by atoms with Gasteiger partial charge in [0.25, 0.3) is 11.8 Å². The van der Waals surface area contributed by atoms with Crippen LogP contribution in [0.1, 0.15) is 16.1 Å². The van der Waals surface area contributed by atoms with E-state index in [1.165, 1.54) is 37.6 Å². The Kier molecular flexibility index (Phi) is 7.21. The number of esters is 1. The molecule has 3 N–H and O–H groups in total. The molecule has 0 aromatic carbocycles. The number of hydrogen-bond donors (Lipinski definition) is 2. The number of carbonyl (C=O) groups excluding carboxylic acids is 4. The van der Waals surface area contributed by atoms with E-state index in [2.05, 4.69) is 15.5 Å². The topological polar surface area (TPSA) is 180 Å². The number of methoxy groups -OCH3 is 1. The molecule has 13 nitrogen and oxygen atoms in total. The van der Waals surface area contributed by atoms with Crippen molar-refractivity contribution in [1.29, 1.82) is 0 Å². The molecule has 15 heteroatoms. The SMILES string of the molecule is CO/N=C(\C(=O)N[C@@H]1C(=O)N2C(C(=O)[O-])=C(C[n+]3cccc(C(=O)OC)c3)CS[C@H]12)c1csc(N)n1. The summed E-state index contributed by atoms with van der Waals surface area (Å²) in [6.45, 7) is 0.102. The quantitative estimate of drug-likeness (QED) is 0.130. The summed E-state index contributed by atoms with van der Waals surface area (Å²) < 4.78 is 6.33. The molecule has 4 heterocycles. The number of carboxylic acid groups (broad SMARTS) is 1. The van der Waals surface area contributed by atoms with Crippen molar-refractivity contribution in [3.05, 3.63) is 52.4 Å². The van der Waals surface area contributed by atoms with Crippen LogP contribution in [0.5, 0.6) is 0 Å². The highest BCUT2D eigenvalue weighted by molar-refractivity contribution is 8.00. The molecule has 2 atom stereocenters. The van der Waals surface area contributed by atoms with Gasteiger partial charge < -0.3 is 30.5 Å². The average molecular weight is 533 g/mol. The van der Waals surface area contributed by atoms with Crippen LogP contribution in [0.15, 0.2) is 46.3 Å². The van der Waals surface area contributed by atoms with E-state index in [1.807, 2.05) is 0 Å². The lowest BCUT2D eigenvalue weighted by molar-refractivity contribution is -0.689. The fourth-order valence-electron chi connectivity index (χ4n) is 3.77. The van der Waals surface area contributed by atoms with Crippen LogP contribution in [0.2, 0.25) is 0 Å². The van der Waals surface area contributed by atoms with Crippen LogP contribution in [-0.4, -0.2) is 70.7 Å². The third-order valence-electron chi connectivity index (χ3n) is 5.34. The van der Waals surface area contributed by atoms with Gasteiger partial charge in [0.2, 0.25) is 0 Å².